The van der Waals surface area contributed by atoms with Crippen molar-refractivity contribution in [1.29, 1.82) is 0 Å². The Morgan fingerprint density at radius 1 is 1.53 bits per heavy atom. The minimum absolute atomic E-state index is 0.263. The Kier molecular flexibility index (Phi) is 3.27. The molecule has 7 heteroatoms. The third kappa shape index (κ3) is 2.09. The summed E-state index contributed by atoms with van der Waals surface area (Å²) < 4.78 is 10.7. The van der Waals surface area contributed by atoms with E-state index in [4.69, 9.17) is 0 Å². The number of halogens is 1. The summed E-state index contributed by atoms with van der Waals surface area (Å²) in [6.45, 7) is 0. The molecule has 0 radical (unpaired) electrons. The number of aromatic nitrogens is 2. The highest BCUT2D eigenvalue weighted by molar-refractivity contribution is 14.1. The average Bonchev–Trinajstić information content (AvgIpc) is 2.69. The van der Waals surface area contributed by atoms with Gasteiger partial charge in [0, 0.05) is 28.7 Å². The van der Waals surface area contributed by atoms with Gasteiger partial charge >= 0.3 is 5.97 Å². The van der Waals surface area contributed by atoms with Gasteiger partial charge in [-0.15, -0.1) is 0 Å². The summed E-state index contributed by atoms with van der Waals surface area (Å²) in [4.78, 5) is 11.6. The van der Waals surface area contributed by atoms with E-state index in [1.54, 1.807) is 46.9 Å². The molecule has 2 rings (SSSR count). The number of hydrogen-bond donors (Lipinski definition) is 0. The number of carbonyl (C=O) groups is 1. The number of ether oxygens (including phenoxy) is 1. The number of rotatable bonds is 2. The maximum Gasteiger partial charge on any atom is 0.344 e. The lowest BCUT2D eigenvalue weighted by Crippen LogP contribution is -2.37. The molecule has 0 unspecified atom stereocenters. The lowest BCUT2D eigenvalue weighted by Gasteiger charge is -1.99. The van der Waals surface area contributed by atoms with Gasteiger partial charge in [0.2, 0.25) is 0 Å². The fraction of sp³-hybridized carbons (Fsp3) is 0.100. The normalized spacial score (nSPS) is 10.2. The maximum atomic E-state index is 11.6. The number of carbonyl (C=O) groups excluding carboxylic acids is 1. The second-order valence-electron chi connectivity index (χ2n) is 3.07. The van der Waals surface area contributed by atoms with Gasteiger partial charge in [-0.25, -0.2) is 4.79 Å². The van der Waals surface area contributed by atoms with Gasteiger partial charge in [0.1, 0.15) is 5.56 Å². The van der Waals surface area contributed by atoms with E-state index < -0.39 is 11.9 Å². The van der Waals surface area contributed by atoms with Crippen LogP contribution >= 0.6 is 22.6 Å². The number of para-hydroxylation sites is 1. The molecule has 0 spiro atoms. The molecule has 17 heavy (non-hydrogen) atoms. The Morgan fingerprint density at radius 3 is 2.82 bits per heavy atom. The first-order chi connectivity index (χ1) is 8.15. The predicted octanol–water partition coefficient (Wildman–Crippen LogP) is 0.416. The largest absolute Gasteiger partial charge is 0.538 e. The third-order valence-corrected chi connectivity index (χ3v) is 2.99. The van der Waals surface area contributed by atoms with Gasteiger partial charge in [-0.3, -0.25) is 0 Å². The molecule has 1 aromatic heterocycles. The van der Waals surface area contributed by atoms with Crippen LogP contribution in [-0.2, 0) is 4.74 Å². The molecule has 0 bridgehead atoms. The van der Waals surface area contributed by atoms with Gasteiger partial charge in [-0.1, -0.05) is 12.1 Å². The summed E-state index contributed by atoms with van der Waals surface area (Å²) in [6.07, 6.45) is 0. The van der Waals surface area contributed by atoms with Crippen molar-refractivity contribution in [3.05, 3.63) is 33.5 Å². The highest BCUT2D eigenvalue weighted by Gasteiger charge is 2.24. The van der Waals surface area contributed by atoms with E-state index in [9.17, 15) is 9.90 Å². The Morgan fingerprint density at radius 2 is 2.24 bits per heavy atom. The first kappa shape index (κ1) is 11.8. The molecule has 0 fully saturated rings. The molecule has 0 amide bonds. The minimum Gasteiger partial charge on any atom is -0.538 e. The van der Waals surface area contributed by atoms with Gasteiger partial charge in [-0.05, 0) is 10.7 Å². The molecular formula is C10H7IN2O4. The number of esters is 1. The van der Waals surface area contributed by atoms with Crippen LogP contribution in [0.1, 0.15) is 10.4 Å². The molecular weight excluding hydrogens is 339 g/mol. The SMILES string of the molecule is COC(=O)c1ccccc1-[n+]1noc([O-])c1I. The van der Waals surface area contributed by atoms with Crippen LogP contribution < -0.4 is 9.79 Å². The van der Waals surface area contributed by atoms with Crippen molar-refractivity contribution < 1.29 is 23.8 Å². The monoisotopic (exact) mass is 346 g/mol. The summed E-state index contributed by atoms with van der Waals surface area (Å²) in [6, 6.07) is 6.66. The number of benzene rings is 1. The first-order valence-electron chi connectivity index (χ1n) is 4.57. The maximum absolute atomic E-state index is 11.6. The van der Waals surface area contributed by atoms with Gasteiger partial charge in [0.05, 0.1) is 12.4 Å². The summed E-state index contributed by atoms with van der Waals surface area (Å²) in [5.41, 5.74) is 0.751. The summed E-state index contributed by atoms with van der Waals surface area (Å²) in [5.74, 6) is -1.05. The molecule has 6 nitrogen and oxygen atoms in total. The van der Waals surface area contributed by atoms with Crippen molar-refractivity contribution in [3.8, 4) is 11.6 Å². The van der Waals surface area contributed by atoms with E-state index >= 15 is 0 Å². The average molecular weight is 346 g/mol. The van der Waals surface area contributed by atoms with Crippen molar-refractivity contribution >= 4 is 28.6 Å². The number of hydrogen-bond acceptors (Lipinski definition) is 5. The van der Waals surface area contributed by atoms with Crippen LogP contribution in [0, 0.1) is 3.70 Å². The molecule has 0 saturated carbocycles. The zero-order chi connectivity index (χ0) is 12.4. The van der Waals surface area contributed by atoms with Crippen LogP contribution in [0.15, 0.2) is 28.8 Å². The summed E-state index contributed by atoms with van der Waals surface area (Å²) >= 11 is 1.80. The van der Waals surface area contributed by atoms with Crippen LogP contribution in [0.25, 0.3) is 5.69 Å². The van der Waals surface area contributed by atoms with Crippen molar-refractivity contribution in [3.63, 3.8) is 0 Å². The van der Waals surface area contributed by atoms with E-state index in [-0.39, 0.29) is 3.70 Å². The molecule has 0 saturated heterocycles. The molecule has 1 aromatic carbocycles. The lowest BCUT2D eigenvalue weighted by molar-refractivity contribution is -0.682. The zero-order valence-corrected chi connectivity index (χ0v) is 10.9. The van der Waals surface area contributed by atoms with E-state index in [1.165, 1.54) is 11.8 Å². The Hall–Kier alpha value is -1.64. The number of nitrogens with zero attached hydrogens (tertiary/aromatic N) is 2. The second-order valence-corrected chi connectivity index (χ2v) is 4.09. The van der Waals surface area contributed by atoms with Gasteiger partial charge in [0.25, 0.3) is 9.39 Å². The predicted molar refractivity (Wildman–Crippen MR) is 61.5 cm³/mol. The molecule has 1 heterocycles. The van der Waals surface area contributed by atoms with E-state index in [1.807, 2.05) is 0 Å². The van der Waals surface area contributed by atoms with Crippen molar-refractivity contribution in [1.82, 2.24) is 5.27 Å². The summed E-state index contributed by atoms with van der Waals surface area (Å²) in [7, 11) is 1.29. The lowest BCUT2D eigenvalue weighted by atomic mass is 10.2. The van der Waals surface area contributed by atoms with Gasteiger partial charge in [0.15, 0.2) is 5.95 Å². The fourth-order valence-corrected chi connectivity index (χ4v) is 1.77. The molecule has 0 aliphatic carbocycles. The van der Waals surface area contributed by atoms with E-state index in [0.717, 1.165) is 0 Å². The smallest absolute Gasteiger partial charge is 0.344 e. The topological polar surface area (TPSA) is 79.3 Å². The van der Waals surface area contributed by atoms with Crippen LogP contribution in [0.5, 0.6) is 5.95 Å². The van der Waals surface area contributed by atoms with Gasteiger partial charge < -0.3 is 14.4 Å². The van der Waals surface area contributed by atoms with Crippen molar-refractivity contribution in [2.24, 2.45) is 0 Å². The van der Waals surface area contributed by atoms with Crippen LogP contribution in [-0.4, -0.2) is 18.4 Å². The van der Waals surface area contributed by atoms with E-state index in [2.05, 4.69) is 14.5 Å². The third-order valence-electron chi connectivity index (χ3n) is 2.10. The number of methoxy groups -OCH3 is 1. The van der Waals surface area contributed by atoms with Crippen molar-refractivity contribution in [2.45, 2.75) is 0 Å². The second kappa shape index (κ2) is 4.70. The quantitative estimate of drug-likeness (QED) is 0.447. The fourth-order valence-electron chi connectivity index (χ4n) is 1.33. The van der Waals surface area contributed by atoms with Crippen LogP contribution in [0.3, 0.4) is 0 Å². The molecule has 0 aliphatic heterocycles. The molecule has 0 atom stereocenters. The molecule has 0 N–H and O–H groups in total. The van der Waals surface area contributed by atoms with E-state index in [0.29, 0.717) is 11.3 Å². The Bertz CT molecular complexity index is 567. The van der Waals surface area contributed by atoms with Gasteiger partial charge in [-0.2, -0.15) is 0 Å². The standard InChI is InChI=1S/C10H7IN2O4/c1-16-9(14)6-4-2-3-5-7(6)13-8(11)10(15)17-12-13/h2-5H,1H3. The zero-order valence-electron chi connectivity index (χ0n) is 8.71. The highest BCUT2D eigenvalue weighted by Crippen LogP contribution is 2.15. The minimum atomic E-state index is -0.551. The highest BCUT2D eigenvalue weighted by atomic mass is 127. The summed E-state index contributed by atoms with van der Waals surface area (Å²) in [5, 5.41) is 14.8. The Labute approximate surface area is 110 Å². The first-order valence-corrected chi connectivity index (χ1v) is 5.65. The molecule has 88 valence electrons. The van der Waals surface area contributed by atoms with Crippen LogP contribution in [0.4, 0.5) is 0 Å². The molecule has 2 aromatic rings. The molecule has 0 aliphatic rings. The van der Waals surface area contributed by atoms with Crippen LogP contribution in [0.2, 0.25) is 0 Å². The Balaban J connectivity index is 2.60. The van der Waals surface area contributed by atoms with Crippen molar-refractivity contribution in [2.75, 3.05) is 7.11 Å².